The van der Waals surface area contributed by atoms with Crippen molar-refractivity contribution in [2.75, 3.05) is 27.3 Å². The Bertz CT molecular complexity index is 392. The summed E-state index contributed by atoms with van der Waals surface area (Å²) in [5.74, 6) is 1.36. The van der Waals surface area contributed by atoms with Gasteiger partial charge in [0.1, 0.15) is 0 Å². The van der Waals surface area contributed by atoms with Crippen molar-refractivity contribution >= 4 is 13.5 Å². The van der Waals surface area contributed by atoms with Gasteiger partial charge in [0, 0.05) is 25.5 Å². The van der Waals surface area contributed by atoms with E-state index in [4.69, 9.17) is 9.05 Å². The van der Waals surface area contributed by atoms with Crippen LogP contribution in [0.3, 0.4) is 0 Å². The summed E-state index contributed by atoms with van der Waals surface area (Å²) in [7, 11) is 0.220. The summed E-state index contributed by atoms with van der Waals surface area (Å²) in [6.07, 6.45) is 4.80. The summed E-state index contributed by atoms with van der Waals surface area (Å²) in [4.78, 5) is 13.5. The average molecular weight is 303 g/mol. The molecule has 0 radical (unpaired) electrons. The molecular formula is C14H26NO4P. The zero-order valence-corrected chi connectivity index (χ0v) is 14.0. The molecule has 0 saturated heterocycles. The van der Waals surface area contributed by atoms with Gasteiger partial charge in [0.25, 0.3) is 0 Å². The number of carbonyl (C=O) groups is 1. The second-order valence-corrected chi connectivity index (χ2v) is 6.25. The van der Waals surface area contributed by atoms with Gasteiger partial charge < -0.3 is 13.9 Å². The van der Waals surface area contributed by atoms with Crippen LogP contribution in [0.1, 0.15) is 33.6 Å². The van der Waals surface area contributed by atoms with Crippen LogP contribution in [-0.2, 0) is 18.4 Å². The molecule has 20 heavy (non-hydrogen) atoms. The lowest BCUT2D eigenvalue weighted by Crippen LogP contribution is -2.23. The van der Waals surface area contributed by atoms with E-state index in [0.29, 0.717) is 25.2 Å². The molecule has 0 bridgehead atoms. The normalized spacial score (nSPS) is 12.9. The maximum absolute atomic E-state index is 12.2. The Hall–Kier alpha value is -0.900. The third-order valence-corrected chi connectivity index (χ3v) is 4.16. The molecule has 0 fully saturated rings. The molecule has 116 valence electrons. The first kappa shape index (κ1) is 19.1. The van der Waals surface area contributed by atoms with Crippen molar-refractivity contribution in [2.45, 2.75) is 33.6 Å². The number of nitrogens with zero attached hydrogens (tertiary/aromatic N) is 1. The molecule has 0 aromatic heterocycles. The molecule has 0 aromatic carbocycles. The lowest BCUT2D eigenvalue weighted by Gasteiger charge is -2.13. The second kappa shape index (κ2) is 9.92. The van der Waals surface area contributed by atoms with Crippen LogP contribution < -0.4 is 0 Å². The molecule has 0 rings (SSSR count). The van der Waals surface area contributed by atoms with Crippen LogP contribution in [-0.4, -0.2) is 38.1 Å². The number of rotatable bonds is 9. The second-order valence-electron chi connectivity index (χ2n) is 4.36. The Kier molecular flexibility index (Phi) is 9.47. The Morgan fingerprint density at radius 2 is 1.70 bits per heavy atom. The Labute approximate surface area is 122 Å². The Balaban J connectivity index is 5.02. The molecule has 0 aliphatic carbocycles. The molecule has 0 aromatic rings. The first-order valence-electron chi connectivity index (χ1n) is 6.89. The molecular weight excluding hydrogens is 277 g/mol. The fourth-order valence-corrected chi connectivity index (χ4v) is 2.83. The summed E-state index contributed by atoms with van der Waals surface area (Å²) in [5.41, 5.74) is 0.674. The fraction of sp³-hybridized carbons (Fsp3) is 0.643. The summed E-state index contributed by atoms with van der Waals surface area (Å²) in [5, 5.41) is 0. The topological polar surface area (TPSA) is 55.8 Å². The van der Waals surface area contributed by atoms with Gasteiger partial charge in [0.05, 0.1) is 13.2 Å². The van der Waals surface area contributed by atoms with Crippen molar-refractivity contribution in [3.8, 4) is 0 Å². The van der Waals surface area contributed by atoms with Gasteiger partial charge in [-0.3, -0.25) is 9.36 Å². The molecule has 0 aliphatic heterocycles. The van der Waals surface area contributed by atoms with Crippen LogP contribution >= 0.6 is 7.60 Å². The van der Waals surface area contributed by atoms with E-state index in [1.54, 1.807) is 40.1 Å². The summed E-state index contributed by atoms with van der Waals surface area (Å²) < 4.78 is 22.5. The van der Waals surface area contributed by atoms with Crippen molar-refractivity contribution < 1.29 is 18.4 Å². The highest BCUT2D eigenvalue weighted by molar-refractivity contribution is 7.57. The third-order valence-electron chi connectivity index (χ3n) is 2.38. The molecule has 0 atom stereocenters. The van der Waals surface area contributed by atoms with Crippen molar-refractivity contribution in [1.29, 1.82) is 0 Å². The van der Waals surface area contributed by atoms with Crippen molar-refractivity contribution in [3.63, 3.8) is 0 Å². The van der Waals surface area contributed by atoms with Crippen LogP contribution in [0.4, 0.5) is 0 Å². The van der Waals surface area contributed by atoms with Gasteiger partial charge in [-0.2, -0.15) is 0 Å². The number of likely N-dealkylation sites (N-methyl/N-ethyl adjacent to an activating group) is 1. The van der Waals surface area contributed by atoms with E-state index in [1.165, 1.54) is 10.7 Å². The zero-order valence-electron chi connectivity index (χ0n) is 13.1. The monoisotopic (exact) mass is 303 g/mol. The molecule has 0 aliphatic rings. The van der Waals surface area contributed by atoms with Crippen molar-refractivity contribution in [3.05, 3.63) is 23.5 Å². The lowest BCUT2D eigenvalue weighted by molar-refractivity contribution is -0.124. The Morgan fingerprint density at radius 1 is 1.15 bits per heavy atom. The van der Waals surface area contributed by atoms with Crippen molar-refractivity contribution in [2.24, 2.45) is 0 Å². The van der Waals surface area contributed by atoms with E-state index in [0.717, 1.165) is 6.42 Å². The standard InChI is InChI=1S/C14H26NO4P/c1-6-10-13(14(16)15(4)5)11-9-12-20(17,18-7-2)19-8-3/h9,11-12H,6-8,10H2,1-5H3/b12-9+,13-11-. The first-order valence-corrected chi connectivity index (χ1v) is 8.50. The first-order chi connectivity index (χ1) is 9.40. The van der Waals surface area contributed by atoms with Gasteiger partial charge in [-0.1, -0.05) is 25.5 Å². The highest BCUT2D eigenvalue weighted by Crippen LogP contribution is 2.49. The number of amides is 1. The van der Waals surface area contributed by atoms with E-state index >= 15 is 0 Å². The smallest absolute Gasteiger partial charge is 0.345 e. The van der Waals surface area contributed by atoms with Gasteiger partial charge in [0.2, 0.25) is 5.91 Å². The Morgan fingerprint density at radius 3 is 2.10 bits per heavy atom. The molecule has 6 heteroatoms. The lowest BCUT2D eigenvalue weighted by atomic mass is 10.1. The predicted octanol–water partition coefficient (Wildman–Crippen LogP) is 3.58. The van der Waals surface area contributed by atoms with Crippen LogP contribution in [0.25, 0.3) is 0 Å². The maximum Gasteiger partial charge on any atom is 0.354 e. The minimum Gasteiger partial charge on any atom is -0.345 e. The van der Waals surface area contributed by atoms with E-state index < -0.39 is 7.60 Å². The summed E-state index contributed by atoms with van der Waals surface area (Å²) >= 11 is 0. The molecule has 0 heterocycles. The van der Waals surface area contributed by atoms with E-state index in [9.17, 15) is 9.36 Å². The highest BCUT2D eigenvalue weighted by atomic mass is 31.2. The number of carbonyl (C=O) groups excluding carboxylic acids is 1. The van der Waals surface area contributed by atoms with Gasteiger partial charge in [-0.15, -0.1) is 0 Å². The fourth-order valence-electron chi connectivity index (χ4n) is 1.57. The quantitative estimate of drug-likeness (QED) is 0.371. The third kappa shape index (κ3) is 7.04. The summed E-state index contributed by atoms with van der Waals surface area (Å²) in [6.45, 7) is 6.14. The zero-order chi connectivity index (χ0) is 15.6. The minimum absolute atomic E-state index is 0.0425. The number of hydrogen-bond acceptors (Lipinski definition) is 4. The van der Waals surface area contributed by atoms with E-state index in [-0.39, 0.29) is 5.91 Å². The van der Waals surface area contributed by atoms with Gasteiger partial charge >= 0.3 is 7.60 Å². The predicted molar refractivity (Wildman–Crippen MR) is 81.7 cm³/mol. The van der Waals surface area contributed by atoms with E-state index in [1.807, 2.05) is 6.92 Å². The average Bonchev–Trinajstić information content (AvgIpc) is 2.37. The van der Waals surface area contributed by atoms with Gasteiger partial charge in [0.15, 0.2) is 0 Å². The maximum atomic E-state index is 12.2. The molecule has 5 nitrogen and oxygen atoms in total. The molecule has 0 N–H and O–H groups in total. The number of hydrogen-bond donors (Lipinski definition) is 0. The molecule has 0 spiro atoms. The largest absolute Gasteiger partial charge is 0.354 e. The van der Waals surface area contributed by atoms with Crippen LogP contribution in [0.15, 0.2) is 23.5 Å². The summed E-state index contributed by atoms with van der Waals surface area (Å²) in [6, 6.07) is 0. The van der Waals surface area contributed by atoms with Crippen LogP contribution in [0.2, 0.25) is 0 Å². The molecule has 0 unspecified atom stereocenters. The van der Waals surface area contributed by atoms with Crippen molar-refractivity contribution in [1.82, 2.24) is 4.90 Å². The van der Waals surface area contributed by atoms with Gasteiger partial charge in [-0.05, 0) is 20.3 Å². The van der Waals surface area contributed by atoms with Crippen LogP contribution in [0, 0.1) is 0 Å². The number of allylic oxidation sites excluding steroid dienone is 2. The van der Waals surface area contributed by atoms with E-state index in [2.05, 4.69) is 0 Å². The SMILES string of the molecule is CCC/C(=C/C=C/P(=O)(OCC)OCC)C(=O)N(C)C. The minimum atomic E-state index is -3.20. The van der Waals surface area contributed by atoms with Gasteiger partial charge in [-0.25, -0.2) is 0 Å². The molecule has 1 amide bonds. The highest BCUT2D eigenvalue weighted by Gasteiger charge is 2.18. The van der Waals surface area contributed by atoms with Crippen LogP contribution in [0.5, 0.6) is 0 Å². The molecule has 0 saturated carbocycles.